The standard InChI is InChI=1S/C19H28O7S/c1-8-5-12-15(11(7-27)18(23)26-12)17(25-10(3)21)19(4)14(22)6-13(16(8)19)24-9(2)20/h8,11-17,22,27H,5-7H2,1-4H3/t8-,11-,12+,13+,14+,15-,16-,17+,19-/m1/s1. The molecule has 7 nitrogen and oxygen atoms in total. The summed E-state index contributed by atoms with van der Waals surface area (Å²) in [5, 5.41) is 11.0. The molecule has 0 amide bonds. The lowest BCUT2D eigenvalue weighted by molar-refractivity contribution is -0.173. The number of ether oxygens (including phenoxy) is 3. The van der Waals surface area contributed by atoms with Crippen molar-refractivity contribution in [2.24, 2.45) is 29.1 Å². The van der Waals surface area contributed by atoms with Crippen LogP contribution in [0.1, 0.15) is 40.5 Å². The monoisotopic (exact) mass is 400 g/mol. The van der Waals surface area contributed by atoms with Crippen molar-refractivity contribution in [2.75, 3.05) is 5.75 Å². The minimum absolute atomic E-state index is 0.00368. The van der Waals surface area contributed by atoms with Crippen LogP contribution in [0, 0.1) is 29.1 Å². The molecule has 0 radical (unpaired) electrons. The maximum atomic E-state index is 12.4. The van der Waals surface area contributed by atoms with Gasteiger partial charge in [0.15, 0.2) is 0 Å². The van der Waals surface area contributed by atoms with Gasteiger partial charge in [0.2, 0.25) is 0 Å². The molecule has 1 heterocycles. The second-order valence-electron chi connectivity index (χ2n) is 8.38. The Bertz CT molecular complexity index is 638. The van der Waals surface area contributed by atoms with Crippen LogP contribution < -0.4 is 0 Å². The Morgan fingerprint density at radius 3 is 2.44 bits per heavy atom. The SMILES string of the molecule is CC(=O)O[C@H]1C[C@H](O)[C@]2(C)[C@@H]1[C@H](C)C[C@@H]1OC(=O)[C@H](CS)[C@H]1[C@@H]2OC(C)=O. The van der Waals surface area contributed by atoms with E-state index in [0.717, 1.165) is 0 Å². The highest BCUT2D eigenvalue weighted by Crippen LogP contribution is 2.59. The van der Waals surface area contributed by atoms with Crippen molar-refractivity contribution < 1.29 is 33.7 Å². The third-order valence-electron chi connectivity index (χ3n) is 6.74. The van der Waals surface area contributed by atoms with Gasteiger partial charge in [-0.3, -0.25) is 14.4 Å². The average molecular weight is 400 g/mol. The number of hydrogen-bond acceptors (Lipinski definition) is 8. The van der Waals surface area contributed by atoms with Crippen molar-refractivity contribution >= 4 is 30.5 Å². The summed E-state index contributed by atoms with van der Waals surface area (Å²) in [6.45, 7) is 6.55. The summed E-state index contributed by atoms with van der Waals surface area (Å²) < 4.78 is 16.9. The molecule has 0 spiro atoms. The quantitative estimate of drug-likeness (QED) is 0.419. The van der Waals surface area contributed by atoms with Gasteiger partial charge in [0.25, 0.3) is 0 Å². The molecule has 1 aliphatic heterocycles. The normalized spacial score (nSPS) is 46.1. The van der Waals surface area contributed by atoms with E-state index in [1.54, 1.807) is 0 Å². The Hall–Kier alpha value is -1.28. The average Bonchev–Trinajstić information content (AvgIpc) is 2.95. The Labute approximate surface area is 164 Å². The van der Waals surface area contributed by atoms with Gasteiger partial charge in [0.05, 0.1) is 12.0 Å². The van der Waals surface area contributed by atoms with Gasteiger partial charge in [-0.05, 0) is 12.3 Å². The number of carbonyl (C=O) groups is 3. The molecule has 2 saturated carbocycles. The molecular weight excluding hydrogens is 372 g/mol. The lowest BCUT2D eigenvalue weighted by Crippen LogP contribution is -2.52. The minimum Gasteiger partial charge on any atom is -0.462 e. The van der Waals surface area contributed by atoms with Gasteiger partial charge in [-0.15, -0.1) is 0 Å². The van der Waals surface area contributed by atoms with Gasteiger partial charge in [-0.25, -0.2) is 0 Å². The van der Waals surface area contributed by atoms with Crippen LogP contribution in [0.2, 0.25) is 0 Å². The molecule has 1 N–H and O–H groups in total. The third kappa shape index (κ3) is 3.24. The summed E-state index contributed by atoms with van der Waals surface area (Å²) in [5.74, 6) is -2.06. The summed E-state index contributed by atoms with van der Waals surface area (Å²) in [4.78, 5) is 35.9. The van der Waals surface area contributed by atoms with E-state index in [2.05, 4.69) is 12.6 Å². The Morgan fingerprint density at radius 2 is 1.89 bits per heavy atom. The minimum atomic E-state index is -0.861. The zero-order chi connectivity index (χ0) is 20.1. The zero-order valence-corrected chi connectivity index (χ0v) is 17.0. The van der Waals surface area contributed by atoms with E-state index in [-0.39, 0.29) is 35.9 Å². The summed E-state index contributed by atoms with van der Waals surface area (Å²) in [7, 11) is 0. The molecule has 0 unspecified atom stereocenters. The predicted molar refractivity (Wildman–Crippen MR) is 97.8 cm³/mol. The van der Waals surface area contributed by atoms with Crippen LogP contribution in [-0.2, 0) is 28.6 Å². The first-order valence-corrected chi connectivity index (χ1v) is 10.1. The first-order valence-electron chi connectivity index (χ1n) is 9.45. The molecule has 9 atom stereocenters. The molecule has 8 heteroatoms. The summed E-state index contributed by atoms with van der Waals surface area (Å²) >= 11 is 4.32. The second-order valence-corrected chi connectivity index (χ2v) is 8.74. The fraction of sp³-hybridized carbons (Fsp3) is 0.842. The van der Waals surface area contributed by atoms with Gasteiger partial charge in [0, 0.05) is 43.3 Å². The number of aliphatic hydroxyl groups excluding tert-OH is 1. The highest BCUT2D eigenvalue weighted by atomic mass is 32.1. The maximum absolute atomic E-state index is 12.4. The molecule has 1 saturated heterocycles. The molecule has 0 aromatic carbocycles. The molecule has 3 fully saturated rings. The van der Waals surface area contributed by atoms with Crippen LogP contribution in [0.3, 0.4) is 0 Å². The summed E-state index contributed by atoms with van der Waals surface area (Å²) in [5.41, 5.74) is -0.861. The van der Waals surface area contributed by atoms with Gasteiger partial charge >= 0.3 is 17.9 Å². The fourth-order valence-corrected chi connectivity index (χ4v) is 6.18. The first-order chi connectivity index (χ1) is 12.6. The van der Waals surface area contributed by atoms with E-state index in [1.807, 2.05) is 13.8 Å². The van der Waals surface area contributed by atoms with E-state index in [4.69, 9.17) is 14.2 Å². The van der Waals surface area contributed by atoms with Crippen molar-refractivity contribution in [3.63, 3.8) is 0 Å². The van der Waals surface area contributed by atoms with E-state index in [0.29, 0.717) is 6.42 Å². The molecule has 0 aromatic heterocycles. The van der Waals surface area contributed by atoms with E-state index in [9.17, 15) is 19.5 Å². The molecule has 0 aromatic rings. The largest absolute Gasteiger partial charge is 0.462 e. The van der Waals surface area contributed by atoms with E-state index >= 15 is 0 Å². The van der Waals surface area contributed by atoms with Crippen LogP contribution in [0.4, 0.5) is 0 Å². The second kappa shape index (κ2) is 7.28. The van der Waals surface area contributed by atoms with E-state index < -0.39 is 47.7 Å². The number of aliphatic hydroxyl groups is 1. The van der Waals surface area contributed by atoms with Crippen molar-refractivity contribution in [1.82, 2.24) is 0 Å². The van der Waals surface area contributed by atoms with Crippen LogP contribution >= 0.6 is 12.6 Å². The molecule has 152 valence electrons. The van der Waals surface area contributed by atoms with Crippen LogP contribution in [0.15, 0.2) is 0 Å². The smallest absolute Gasteiger partial charge is 0.310 e. The summed E-state index contributed by atoms with van der Waals surface area (Å²) in [6, 6.07) is 0. The highest BCUT2D eigenvalue weighted by molar-refractivity contribution is 7.80. The number of carbonyl (C=O) groups excluding carboxylic acids is 3. The predicted octanol–water partition coefficient (Wildman–Crippen LogP) is 1.36. The van der Waals surface area contributed by atoms with Gasteiger partial charge in [-0.1, -0.05) is 13.8 Å². The van der Waals surface area contributed by atoms with Crippen molar-refractivity contribution in [1.29, 1.82) is 0 Å². The molecule has 3 aliphatic rings. The number of fused-ring (bicyclic) bond motifs is 2. The van der Waals surface area contributed by atoms with Crippen LogP contribution in [0.5, 0.6) is 0 Å². The highest BCUT2D eigenvalue weighted by Gasteiger charge is 2.67. The molecular formula is C19H28O7S. The van der Waals surface area contributed by atoms with Crippen molar-refractivity contribution in [3.05, 3.63) is 0 Å². The first kappa shape index (κ1) is 20.5. The Kier molecular flexibility index (Phi) is 5.51. The molecule has 2 aliphatic carbocycles. The Balaban J connectivity index is 2.09. The number of esters is 3. The third-order valence-corrected chi connectivity index (χ3v) is 7.14. The fourth-order valence-electron chi connectivity index (χ4n) is 5.79. The number of thiol groups is 1. The topological polar surface area (TPSA) is 99.1 Å². The maximum Gasteiger partial charge on any atom is 0.310 e. The van der Waals surface area contributed by atoms with Crippen molar-refractivity contribution in [3.8, 4) is 0 Å². The van der Waals surface area contributed by atoms with Crippen LogP contribution in [-0.4, -0.2) is 53.2 Å². The molecule has 0 bridgehead atoms. The number of rotatable bonds is 3. The molecule has 27 heavy (non-hydrogen) atoms. The van der Waals surface area contributed by atoms with Gasteiger partial charge < -0.3 is 19.3 Å². The number of hydrogen-bond donors (Lipinski definition) is 2. The lowest BCUT2D eigenvalue weighted by atomic mass is 9.66. The van der Waals surface area contributed by atoms with Crippen LogP contribution in [0.25, 0.3) is 0 Å². The lowest BCUT2D eigenvalue weighted by Gasteiger charge is -2.44. The Morgan fingerprint density at radius 1 is 1.26 bits per heavy atom. The zero-order valence-electron chi connectivity index (χ0n) is 16.1. The summed E-state index contributed by atoms with van der Waals surface area (Å²) in [6.07, 6.45) is -1.62. The van der Waals surface area contributed by atoms with E-state index in [1.165, 1.54) is 13.8 Å². The van der Waals surface area contributed by atoms with Gasteiger partial charge in [0.1, 0.15) is 18.3 Å². The van der Waals surface area contributed by atoms with Gasteiger partial charge in [-0.2, -0.15) is 12.6 Å². The van der Waals surface area contributed by atoms with Crippen molar-refractivity contribution in [2.45, 2.75) is 65.0 Å². The molecule has 3 rings (SSSR count).